The Labute approximate surface area is 367 Å². The highest BCUT2D eigenvalue weighted by atomic mass is 32.2. The number of nitrogens with one attached hydrogen (secondary N) is 3. The number of aromatic amines is 1. The summed E-state index contributed by atoms with van der Waals surface area (Å²) in [6, 6.07) is 22.9. The van der Waals surface area contributed by atoms with Gasteiger partial charge in [0.05, 0.1) is 21.6 Å². The van der Waals surface area contributed by atoms with Gasteiger partial charge in [0.15, 0.2) is 0 Å². The monoisotopic (exact) mass is 873 g/mol. The number of pyridine rings is 1. The van der Waals surface area contributed by atoms with Crippen LogP contribution in [0.1, 0.15) is 97.7 Å². The molecule has 5 heterocycles. The number of rotatable bonds is 14. The first-order valence-corrected chi connectivity index (χ1v) is 24.2. The molecule has 5 fully saturated rings. The Morgan fingerprint density at radius 1 is 0.905 bits per heavy atom. The van der Waals surface area contributed by atoms with Crippen LogP contribution in [0.3, 0.4) is 0 Å². The van der Waals surface area contributed by atoms with E-state index in [2.05, 4.69) is 54.1 Å². The predicted molar refractivity (Wildman–Crippen MR) is 241 cm³/mol. The van der Waals surface area contributed by atoms with Gasteiger partial charge in [-0.15, -0.1) is 0 Å². The van der Waals surface area contributed by atoms with Crippen LogP contribution in [-0.4, -0.2) is 79.6 Å². The third-order valence-electron chi connectivity index (χ3n) is 14.3. The molecule has 5 aliphatic rings. The minimum atomic E-state index is -4.53. The van der Waals surface area contributed by atoms with E-state index < -0.39 is 31.4 Å². The van der Waals surface area contributed by atoms with Crippen molar-refractivity contribution in [3.8, 4) is 11.5 Å². The normalized spacial score (nSPS) is 22.5. The summed E-state index contributed by atoms with van der Waals surface area (Å²) in [7, 11) is -4.53. The van der Waals surface area contributed by atoms with E-state index in [0.29, 0.717) is 49.2 Å². The fourth-order valence-corrected chi connectivity index (χ4v) is 11.5. The molecule has 1 atom stereocenters. The lowest BCUT2D eigenvalue weighted by Crippen LogP contribution is -2.48. The quantitative estimate of drug-likeness (QED) is 0.0719. The molecule has 63 heavy (non-hydrogen) atoms. The number of piperidine rings is 1. The summed E-state index contributed by atoms with van der Waals surface area (Å²) >= 11 is 0. The number of amides is 1. The number of sulfonamides is 1. The molecular formula is C48H55N7O7S. The number of anilines is 2. The van der Waals surface area contributed by atoms with Gasteiger partial charge in [-0.05, 0) is 142 Å². The van der Waals surface area contributed by atoms with Gasteiger partial charge in [-0.2, -0.15) is 0 Å². The molecule has 0 bridgehead atoms. The first kappa shape index (κ1) is 41.5. The van der Waals surface area contributed by atoms with Crippen molar-refractivity contribution in [2.45, 2.75) is 87.1 Å². The smallest absolute Gasteiger partial charge is 0.293 e. The van der Waals surface area contributed by atoms with Gasteiger partial charge in [-0.25, -0.2) is 18.1 Å². The number of nitrogens with zero attached hydrogens (tertiary/aromatic N) is 4. The Morgan fingerprint density at radius 3 is 2.48 bits per heavy atom. The third kappa shape index (κ3) is 8.87. The van der Waals surface area contributed by atoms with Crippen LogP contribution in [0.4, 0.5) is 17.1 Å². The van der Waals surface area contributed by atoms with E-state index in [1.54, 1.807) is 41.7 Å². The van der Waals surface area contributed by atoms with E-state index in [9.17, 15) is 23.3 Å². The first-order valence-electron chi connectivity index (χ1n) is 22.7. The second kappa shape index (κ2) is 17.6. The zero-order chi connectivity index (χ0) is 43.1. The molecule has 1 amide bonds. The van der Waals surface area contributed by atoms with E-state index in [0.717, 1.165) is 67.7 Å². The number of H-pyrrole nitrogens is 1. The van der Waals surface area contributed by atoms with Crippen LogP contribution in [0.5, 0.6) is 11.5 Å². The van der Waals surface area contributed by atoms with Crippen molar-refractivity contribution in [1.82, 2.24) is 19.6 Å². The number of fused-ring (bicyclic) bond motifs is 1. The predicted octanol–water partition coefficient (Wildman–Crippen LogP) is 8.93. The van der Waals surface area contributed by atoms with Crippen LogP contribution >= 0.6 is 0 Å². The molecular weight excluding hydrogens is 819 g/mol. The molecule has 14 nitrogen and oxygen atoms in total. The van der Waals surface area contributed by atoms with Crippen molar-refractivity contribution in [1.29, 1.82) is 0 Å². The highest BCUT2D eigenvalue weighted by Gasteiger charge is 2.44. The van der Waals surface area contributed by atoms with Gasteiger partial charge >= 0.3 is 0 Å². The molecule has 3 aromatic carbocycles. The Hall–Kier alpha value is -5.51. The summed E-state index contributed by atoms with van der Waals surface area (Å²) in [5.74, 6) is 2.06. The van der Waals surface area contributed by atoms with E-state index >= 15 is 0 Å². The molecule has 1 unspecified atom stereocenters. The molecule has 15 heteroatoms. The topological polar surface area (TPSA) is 172 Å². The van der Waals surface area contributed by atoms with Crippen LogP contribution in [0.2, 0.25) is 0 Å². The van der Waals surface area contributed by atoms with E-state index in [4.69, 9.17) is 9.47 Å². The van der Waals surface area contributed by atoms with Crippen molar-refractivity contribution in [3.63, 3.8) is 0 Å². The van der Waals surface area contributed by atoms with E-state index in [1.807, 2.05) is 12.1 Å². The standard InChI is InChI=1S/C48H55N7O7S/c56-48(52-63(59,60)39-10-12-43(45(28-39)55(57)58)50-29-31-16-22-61-23-17-31)42-11-9-36(27-46(42)62-38-26-34-13-18-49-47(34)51-30-38)53-20-14-32(15-21-53)35-24-37(25-35)54-19-3-6-44(54)41-5-2-1-4-40(41)33-7-8-33/h1-2,4-5,9-13,18,26-28,30-33,35,37,44,50H,3,6-8,14-17,19-25,29H2,(H,49,51)(H,52,56). The molecule has 0 spiro atoms. The molecule has 2 aliphatic carbocycles. The molecule has 3 saturated heterocycles. The molecule has 2 aromatic heterocycles. The van der Waals surface area contributed by atoms with Gasteiger partial charge < -0.3 is 24.7 Å². The second-order valence-corrected chi connectivity index (χ2v) is 19.9. The number of benzene rings is 3. The van der Waals surface area contributed by atoms with Crippen LogP contribution in [0.25, 0.3) is 11.0 Å². The van der Waals surface area contributed by atoms with Gasteiger partial charge in [0.2, 0.25) is 0 Å². The Bertz CT molecular complexity index is 2590. The van der Waals surface area contributed by atoms with E-state index in [1.165, 1.54) is 57.2 Å². The summed E-state index contributed by atoms with van der Waals surface area (Å²) < 4.78 is 41.3. The molecule has 330 valence electrons. The highest BCUT2D eigenvalue weighted by molar-refractivity contribution is 7.90. The lowest BCUT2D eigenvalue weighted by molar-refractivity contribution is -0.384. The molecule has 10 rings (SSSR count). The number of hydrogen-bond donors (Lipinski definition) is 3. The Kier molecular flexibility index (Phi) is 11.6. The zero-order valence-corrected chi connectivity index (χ0v) is 36.2. The minimum absolute atomic E-state index is 0.00361. The number of nitro groups is 1. The number of nitro benzene ring substituents is 1. The van der Waals surface area contributed by atoms with Crippen LogP contribution in [0.15, 0.2) is 90.1 Å². The maximum Gasteiger partial charge on any atom is 0.293 e. The largest absolute Gasteiger partial charge is 0.455 e. The Morgan fingerprint density at radius 2 is 1.70 bits per heavy atom. The van der Waals surface area contributed by atoms with Crippen LogP contribution < -0.4 is 19.7 Å². The van der Waals surface area contributed by atoms with Crippen molar-refractivity contribution >= 4 is 44.0 Å². The summed E-state index contributed by atoms with van der Waals surface area (Å²) in [6.07, 6.45) is 14.9. The summed E-state index contributed by atoms with van der Waals surface area (Å²) in [6.45, 7) is 4.69. The number of ether oxygens (including phenoxy) is 2. The molecule has 3 N–H and O–H groups in total. The average molecular weight is 874 g/mol. The summed E-state index contributed by atoms with van der Waals surface area (Å²) in [4.78, 5) is 37.6. The van der Waals surface area contributed by atoms with Crippen molar-refractivity contribution in [2.24, 2.45) is 17.8 Å². The summed E-state index contributed by atoms with van der Waals surface area (Å²) in [5, 5.41) is 16.0. The highest BCUT2D eigenvalue weighted by Crippen LogP contribution is 2.50. The van der Waals surface area contributed by atoms with Gasteiger partial charge in [0.1, 0.15) is 22.8 Å². The molecule has 3 aliphatic heterocycles. The van der Waals surface area contributed by atoms with Crippen molar-refractivity contribution < 1.29 is 27.6 Å². The minimum Gasteiger partial charge on any atom is -0.455 e. The number of hydrogen-bond acceptors (Lipinski definition) is 11. The van der Waals surface area contributed by atoms with Gasteiger partial charge in [-0.1, -0.05) is 24.3 Å². The molecule has 0 radical (unpaired) electrons. The average Bonchev–Trinajstić information content (AvgIpc) is 3.83. The fraction of sp³-hybridized carbons (Fsp3) is 0.458. The van der Waals surface area contributed by atoms with Crippen LogP contribution in [-0.2, 0) is 14.8 Å². The lowest BCUT2D eigenvalue weighted by Gasteiger charge is -2.49. The number of carbonyl (C=O) groups excluding carboxylic acids is 1. The first-order chi connectivity index (χ1) is 30.7. The maximum atomic E-state index is 13.9. The number of aromatic nitrogens is 2. The number of carbonyl (C=O) groups is 1. The maximum absolute atomic E-state index is 13.9. The summed E-state index contributed by atoms with van der Waals surface area (Å²) in [5.41, 5.74) is 4.53. The van der Waals surface area contributed by atoms with Crippen molar-refractivity contribution in [3.05, 3.63) is 112 Å². The molecule has 2 saturated carbocycles. The van der Waals surface area contributed by atoms with Gasteiger partial charge in [0.25, 0.3) is 21.6 Å². The third-order valence-corrected chi connectivity index (χ3v) is 15.6. The SMILES string of the molecule is O=C(NS(=O)(=O)c1ccc(NCC2CCOCC2)c([N+](=O)[O-])c1)c1ccc(N2CCC(C3CC(N4CCCC4c4ccccc4C4CC4)C3)CC2)cc1Oc1cnc2[nH]ccc2c1. The zero-order valence-electron chi connectivity index (χ0n) is 35.4. The second-order valence-electron chi connectivity index (χ2n) is 18.2. The lowest BCUT2D eigenvalue weighted by atomic mass is 9.68. The van der Waals surface area contributed by atoms with E-state index in [-0.39, 0.29) is 22.9 Å². The number of likely N-dealkylation sites (tertiary alicyclic amines) is 1. The van der Waals surface area contributed by atoms with Crippen molar-refractivity contribution in [2.75, 3.05) is 49.6 Å². The Balaban J connectivity index is 0.819. The van der Waals surface area contributed by atoms with Crippen LogP contribution in [0, 0.1) is 27.9 Å². The molecule has 5 aromatic rings. The van der Waals surface area contributed by atoms with Gasteiger partial charge in [-0.3, -0.25) is 19.8 Å². The van der Waals surface area contributed by atoms with Gasteiger partial charge in [0, 0.05) is 74.3 Å². The fourth-order valence-electron chi connectivity index (χ4n) is 10.6.